The van der Waals surface area contributed by atoms with E-state index in [9.17, 15) is 4.79 Å². The van der Waals surface area contributed by atoms with E-state index in [-0.39, 0.29) is 17.2 Å². The van der Waals surface area contributed by atoms with E-state index < -0.39 is 13.2 Å². The number of carboxylic acid groups (broad SMARTS) is 1. The van der Waals surface area contributed by atoms with Gasteiger partial charge in [-0.1, -0.05) is 6.07 Å². The summed E-state index contributed by atoms with van der Waals surface area (Å²) >= 11 is 0. The number of pyridine rings is 1. The molecule has 27 heavy (non-hydrogen) atoms. The van der Waals surface area contributed by atoms with Crippen molar-refractivity contribution in [2.24, 2.45) is 0 Å². The molecule has 3 fully saturated rings. The summed E-state index contributed by atoms with van der Waals surface area (Å²) in [5.74, 6) is 0.955. The van der Waals surface area contributed by atoms with Crippen LogP contribution < -0.4 is 15.7 Å². The largest absolute Gasteiger partial charge is 0.496 e. The van der Waals surface area contributed by atoms with Gasteiger partial charge in [0.15, 0.2) is 0 Å². The third kappa shape index (κ3) is 3.29. The average molecular weight is 373 g/mol. The smallest absolute Gasteiger partial charge is 0.465 e. The fraction of sp³-hybridized carbons (Fsp3) is 0.684. The van der Waals surface area contributed by atoms with Crippen LogP contribution in [0.15, 0.2) is 18.3 Å². The Morgan fingerprint density at radius 3 is 2.26 bits per heavy atom. The minimum Gasteiger partial charge on any atom is -0.465 e. The Labute approximate surface area is 160 Å². The first-order chi connectivity index (χ1) is 12.7. The normalized spacial score (nSPS) is 31.2. The zero-order valence-electron chi connectivity index (χ0n) is 16.4. The second-order valence-corrected chi connectivity index (χ2v) is 8.95. The molecule has 3 aliphatic heterocycles. The Kier molecular flexibility index (Phi) is 4.39. The van der Waals surface area contributed by atoms with Crippen molar-refractivity contribution in [2.75, 3.05) is 4.90 Å². The summed E-state index contributed by atoms with van der Waals surface area (Å²) < 4.78 is 12.2. The maximum absolute atomic E-state index is 10.9. The molecule has 3 aliphatic rings. The quantitative estimate of drug-likeness (QED) is 0.790. The van der Waals surface area contributed by atoms with Gasteiger partial charge in [0.05, 0.1) is 11.2 Å². The van der Waals surface area contributed by atoms with Crippen LogP contribution in [0.1, 0.15) is 53.4 Å². The number of amides is 1. The second-order valence-electron chi connectivity index (χ2n) is 8.95. The summed E-state index contributed by atoms with van der Waals surface area (Å²) in [6.07, 6.45) is 4.76. The highest BCUT2D eigenvalue weighted by molar-refractivity contribution is 6.62. The lowest BCUT2D eigenvalue weighted by Gasteiger charge is -2.39. The highest BCUT2D eigenvalue weighted by atomic mass is 16.7. The number of nitrogens with zero attached hydrogens (tertiary/aromatic N) is 2. The summed E-state index contributed by atoms with van der Waals surface area (Å²) in [5.41, 5.74) is 0.190. The van der Waals surface area contributed by atoms with E-state index in [1.165, 1.54) is 0 Å². The summed E-state index contributed by atoms with van der Waals surface area (Å²) in [5, 5.41) is 11.6. The van der Waals surface area contributed by atoms with E-state index in [2.05, 4.69) is 10.2 Å². The van der Waals surface area contributed by atoms with Crippen molar-refractivity contribution in [3.05, 3.63) is 18.3 Å². The van der Waals surface area contributed by atoms with Gasteiger partial charge in [0.1, 0.15) is 5.82 Å². The second kappa shape index (κ2) is 6.38. The monoisotopic (exact) mass is 373 g/mol. The van der Waals surface area contributed by atoms with E-state index in [4.69, 9.17) is 19.4 Å². The van der Waals surface area contributed by atoms with E-state index >= 15 is 0 Å². The SMILES string of the molecule is CC1(C)OB(c2ccc(N3[C@@H]4CC[C@H]3CC(NC(=O)O)C4)nc2)OC1(C)C. The third-order valence-electron chi connectivity index (χ3n) is 6.62. The van der Waals surface area contributed by atoms with Crippen LogP contribution in [0, 0.1) is 0 Å². The van der Waals surface area contributed by atoms with Crippen molar-refractivity contribution in [3.8, 4) is 0 Å². The van der Waals surface area contributed by atoms with Crippen molar-refractivity contribution in [1.82, 2.24) is 10.3 Å². The molecule has 0 aliphatic carbocycles. The number of nitrogens with one attached hydrogen (secondary N) is 1. The molecule has 3 saturated heterocycles. The summed E-state index contributed by atoms with van der Waals surface area (Å²) in [6, 6.07) is 4.80. The average Bonchev–Trinajstić information content (AvgIpc) is 2.96. The highest BCUT2D eigenvalue weighted by Crippen LogP contribution is 2.39. The fourth-order valence-corrected chi connectivity index (χ4v) is 4.51. The Balaban J connectivity index is 1.47. The number of carbonyl (C=O) groups is 1. The van der Waals surface area contributed by atoms with Crippen molar-refractivity contribution < 1.29 is 19.2 Å². The maximum Gasteiger partial charge on any atom is 0.496 e. The van der Waals surface area contributed by atoms with Gasteiger partial charge in [0.2, 0.25) is 0 Å². The number of piperidine rings is 1. The molecule has 1 unspecified atom stereocenters. The summed E-state index contributed by atoms with van der Waals surface area (Å²) in [6.45, 7) is 8.17. The Hall–Kier alpha value is -1.80. The molecule has 2 bridgehead atoms. The molecule has 1 amide bonds. The number of anilines is 1. The van der Waals surface area contributed by atoms with Crippen molar-refractivity contribution in [3.63, 3.8) is 0 Å². The Bertz CT molecular complexity index is 694. The lowest BCUT2D eigenvalue weighted by Crippen LogP contribution is -2.50. The van der Waals surface area contributed by atoms with Gasteiger partial charge in [-0.15, -0.1) is 0 Å². The van der Waals surface area contributed by atoms with Crippen LogP contribution >= 0.6 is 0 Å². The molecule has 0 aromatic carbocycles. The first-order valence-electron chi connectivity index (χ1n) is 9.76. The van der Waals surface area contributed by atoms with E-state index in [1.807, 2.05) is 46.0 Å². The van der Waals surface area contributed by atoms with Crippen molar-refractivity contribution in [2.45, 2.75) is 82.7 Å². The summed E-state index contributed by atoms with van der Waals surface area (Å²) in [7, 11) is -0.404. The van der Waals surface area contributed by atoms with Crippen molar-refractivity contribution in [1.29, 1.82) is 0 Å². The molecule has 0 spiro atoms. The van der Waals surface area contributed by atoms with E-state index in [0.29, 0.717) is 12.1 Å². The molecule has 2 N–H and O–H groups in total. The van der Waals surface area contributed by atoms with E-state index in [0.717, 1.165) is 37.0 Å². The predicted octanol–water partition coefficient (Wildman–Crippen LogP) is 2.15. The molecule has 0 saturated carbocycles. The molecule has 1 aromatic heterocycles. The Morgan fingerprint density at radius 1 is 1.19 bits per heavy atom. The van der Waals surface area contributed by atoms with Crippen LogP contribution in [0.25, 0.3) is 0 Å². The minimum absolute atomic E-state index is 0.0419. The van der Waals surface area contributed by atoms with Crippen LogP contribution in [0.4, 0.5) is 10.6 Å². The number of hydrogen-bond donors (Lipinski definition) is 2. The minimum atomic E-state index is -0.933. The molecule has 3 atom stereocenters. The fourth-order valence-electron chi connectivity index (χ4n) is 4.51. The summed E-state index contributed by atoms with van der Waals surface area (Å²) in [4.78, 5) is 18.0. The molecular weight excluding hydrogens is 345 g/mol. The molecular formula is C19H28BN3O4. The topological polar surface area (TPSA) is 83.9 Å². The number of hydrogen-bond acceptors (Lipinski definition) is 5. The molecule has 7 nitrogen and oxygen atoms in total. The number of aromatic nitrogens is 1. The lowest BCUT2D eigenvalue weighted by molar-refractivity contribution is 0.00578. The van der Waals surface area contributed by atoms with Gasteiger partial charge in [-0.3, -0.25) is 0 Å². The van der Waals surface area contributed by atoms with Crippen LogP contribution in [0.3, 0.4) is 0 Å². The molecule has 1 aromatic rings. The lowest BCUT2D eigenvalue weighted by atomic mass is 9.80. The van der Waals surface area contributed by atoms with Gasteiger partial charge in [-0.2, -0.15) is 0 Å². The van der Waals surface area contributed by atoms with Gasteiger partial charge in [0.25, 0.3) is 0 Å². The molecule has 0 radical (unpaired) electrons. The maximum atomic E-state index is 10.9. The van der Waals surface area contributed by atoms with Gasteiger partial charge in [0, 0.05) is 29.8 Å². The zero-order valence-corrected chi connectivity index (χ0v) is 16.4. The van der Waals surface area contributed by atoms with Gasteiger partial charge >= 0.3 is 13.2 Å². The van der Waals surface area contributed by atoms with Crippen LogP contribution in [-0.2, 0) is 9.31 Å². The Morgan fingerprint density at radius 2 is 1.78 bits per heavy atom. The van der Waals surface area contributed by atoms with E-state index in [1.54, 1.807) is 0 Å². The first kappa shape index (κ1) is 18.6. The molecule has 4 heterocycles. The third-order valence-corrected chi connectivity index (χ3v) is 6.62. The van der Waals surface area contributed by atoms with Crippen molar-refractivity contribution >= 4 is 24.5 Å². The van der Waals surface area contributed by atoms with Gasteiger partial charge in [-0.25, -0.2) is 9.78 Å². The van der Waals surface area contributed by atoms with Gasteiger partial charge < -0.3 is 24.6 Å². The molecule has 4 rings (SSSR count). The standard InChI is InChI=1S/C19H28BN3O4/c1-18(2)19(3,4)27-20(26-18)12-5-8-16(21-11-12)23-14-6-7-15(23)10-13(9-14)22-17(24)25/h5,8,11,13-15,22H,6-7,9-10H2,1-4H3,(H,24,25)/t13?,14-,15+. The molecule has 8 heteroatoms. The molecule has 146 valence electrons. The highest BCUT2D eigenvalue weighted by Gasteiger charge is 2.52. The van der Waals surface area contributed by atoms with Gasteiger partial charge in [-0.05, 0) is 59.4 Å². The first-order valence-corrected chi connectivity index (χ1v) is 9.76. The number of fused-ring (bicyclic) bond motifs is 2. The predicted molar refractivity (Wildman–Crippen MR) is 103 cm³/mol. The van der Waals surface area contributed by atoms with Crippen LogP contribution in [-0.4, -0.2) is 52.6 Å². The van der Waals surface area contributed by atoms with Crippen LogP contribution in [0.2, 0.25) is 0 Å². The van der Waals surface area contributed by atoms with Crippen LogP contribution in [0.5, 0.6) is 0 Å². The zero-order chi connectivity index (χ0) is 19.4. The number of rotatable bonds is 3.